The lowest BCUT2D eigenvalue weighted by Crippen LogP contribution is -2.35. The molecule has 0 radical (unpaired) electrons. The van der Waals surface area contributed by atoms with Gasteiger partial charge in [-0.15, -0.1) is 0 Å². The molecule has 0 N–H and O–H groups in total. The summed E-state index contributed by atoms with van der Waals surface area (Å²) in [5, 5.41) is 0. The lowest BCUT2D eigenvalue weighted by Gasteiger charge is -2.22. The maximum Gasteiger partial charge on any atom is 0.222 e. The number of benzene rings is 1. The Kier molecular flexibility index (Phi) is 5.81. The number of aromatic nitrogens is 2. The van der Waals surface area contributed by atoms with E-state index in [1.807, 2.05) is 35.0 Å². The van der Waals surface area contributed by atoms with Crippen molar-refractivity contribution in [1.29, 1.82) is 0 Å². The summed E-state index contributed by atoms with van der Waals surface area (Å²) in [4.78, 5) is 21.1. The molecule has 1 fully saturated rings. The van der Waals surface area contributed by atoms with Crippen LogP contribution < -0.4 is 0 Å². The van der Waals surface area contributed by atoms with E-state index in [2.05, 4.69) is 9.88 Å². The highest BCUT2D eigenvalue weighted by molar-refractivity contribution is 5.76. The quantitative estimate of drug-likeness (QED) is 0.835. The second-order valence-electron chi connectivity index (χ2n) is 6.56. The van der Waals surface area contributed by atoms with Gasteiger partial charge in [-0.2, -0.15) is 0 Å². The van der Waals surface area contributed by atoms with E-state index in [0.29, 0.717) is 18.4 Å². The highest BCUT2D eigenvalue weighted by Crippen LogP contribution is 2.12. The number of carbonyl (C=O) groups is 1. The number of rotatable bonds is 5. The molecule has 6 heteroatoms. The van der Waals surface area contributed by atoms with Gasteiger partial charge in [0.1, 0.15) is 11.6 Å². The van der Waals surface area contributed by atoms with Crippen molar-refractivity contribution in [3.05, 3.63) is 53.9 Å². The zero-order valence-corrected chi connectivity index (χ0v) is 14.7. The van der Waals surface area contributed by atoms with Gasteiger partial charge in [0.25, 0.3) is 0 Å². The van der Waals surface area contributed by atoms with E-state index in [4.69, 9.17) is 0 Å². The SMILES string of the molecule is Cn1ccnc1CN1CCCN(C(=O)CCc2ccccc2F)CC1. The first-order valence-corrected chi connectivity index (χ1v) is 8.83. The third kappa shape index (κ3) is 4.66. The number of amides is 1. The Morgan fingerprint density at radius 2 is 2.04 bits per heavy atom. The third-order valence-electron chi connectivity index (χ3n) is 4.79. The smallest absolute Gasteiger partial charge is 0.222 e. The Bertz CT molecular complexity index is 715. The van der Waals surface area contributed by atoms with E-state index >= 15 is 0 Å². The van der Waals surface area contributed by atoms with E-state index in [0.717, 1.165) is 45.0 Å². The Morgan fingerprint density at radius 1 is 1.20 bits per heavy atom. The topological polar surface area (TPSA) is 41.4 Å². The highest BCUT2D eigenvalue weighted by atomic mass is 19.1. The average molecular weight is 344 g/mol. The first kappa shape index (κ1) is 17.6. The molecule has 3 rings (SSSR count). The van der Waals surface area contributed by atoms with Crippen molar-refractivity contribution in [2.24, 2.45) is 7.05 Å². The van der Waals surface area contributed by atoms with Crippen LogP contribution in [0.5, 0.6) is 0 Å². The summed E-state index contributed by atoms with van der Waals surface area (Å²) in [5.74, 6) is 0.925. The largest absolute Gasteiger partial charge is 0.341 e. The molecule has 5 nitrogen and oxygen atoms in total. The molecule has 1 aliphatic rings. The van der Waals surface area contributed by atoms with Crippen molar-refractivity contribution < 1.29 is 9.18 Å². The Hall–Kier alpha value is -2.21. The fourth-order valence-corrected chi connectivity index (χ4v) is 3.23. The zero-order valence-electron chi connectivity index (χ0n) is 14.7. The number of halogens is 1. The molecule has 134 valence electrons. The maximum atomic E-state index is 13.7. The van der Waals surface area contributed by atoms with Crippen molar-refractivity contribution in [3.8, 4) is 0 Å². The number of imidazole rings is 1. The lowest BCUT2D eigenvalue weighted by atomic mass is 10.1. The first-order valence-electron chi connectivity index (χ1n) is 8.83. The van der Waals surface area contributed by atoms with Crippen LogP contribution >= 0.6 is 0 Å². The molecule has 2 heterocycles. The predicted octanol–water partition coefficient (Wildman–Crippen LogP) is 2.23. The van der Waals surface area contributed by atoms with Gasteiger partial charge in [0, 0.05) is 52.0 Å². The summed E-state index contributed by atoms with van der Waals surface area (Å²) < 4.78 is 15.7. The van der Waals surface area contributed by atoms with E-state index in [-0.39, 0.29) is 11.7 Å². The van der Waals surface area contributed by atoms with Gasteiger partial charge in [-0.1, -0.05) is 18.2 Å². The van der Waals surface area contributed by atoms with Crippen LogP contribution in [0.3, 0.4) is 0 Å². The Balaban J connectivity index is 1.49. The summed E-state index contributed by atoms with van der Waals surface area (Å²) in [6.07, 6.45) is 5.53. The van der Waals surface area contributed by atoms with Crippen LogP contribution in [0.15, 0.2) is 36.7 Å². The number of nitrogens with zero attached hydrogens (tertiary/aromatic N) is 4. The maximum absolute atomic E-state index is 13.7. The third-order valence-corrected chi connectivity index (χ3v) is 4.79. The highest BCUT2D eigenvalue weighted by Gasteiger charge is 2.20. The minimum Gasteiger partial charge on any atom is -0.341 e. The molecule has 1 aromatic heterocycles. The second kappa shape index (κ2) is 8.25. The van der Waals surface area contributed by atoms with E-state index in [1.54, 1.807) is 12.1 Å². The number of hydrogen-bond acceptors (Lipinski definition) is 3. The fourth-order valence-electron chi connectivity index (χ4n) is 3.23. The molecule has 2 aromatic rings. The molecule has 25 heavy (non-hydrogen) atoms. The summed E-state index contributed by atoms with van der Waals surface area (Å²) in [5.41, 5.74) is 0.613. The molecule has 1 aromatic carbocycles. The van der Waals surface area contributed by atoms with Crippen LogP contribution in [-0.2, 0) is 24.8 Å². The van der Waals surface area contributed by atoms with Gasteiger partial charge in [0.15, 0.2) is 0 Å². The van der Waals surface area contributed by atoms with E-state index < -0.39 is 0 Å². The van der Waals surface area contributed by atoms with Crippen LogP contribution in [-0.4, -0.2) is 51.4 Å². The van der Waals surface area contributed by atoms with Gasteiger partial charge in [-0.05, 0) is 24.5 Å². The summed E-state index contributed by atoms with van der Waals surface area (Å²) in [6, 6.07) is 6.68. The van der Waals surface area contributed by atoms with Gasteiger partial charge < -0.3 is 9.47 Å². The van der Waals surface area contributed by atoms with Gasteiger partial charge in [-0.25, -0.2) is 9.37 Å². The predicted molar refractivity (Wildman–Crippen MR) is 94.4 cm³/mol. The zero-order chi connectivity index (χ0) is 17.6. The normalized spacial score (nSPS) is 16.0. The molecular formula is C19H25FN4O. The molecule has 0 bridgehead atoms. The van der Waals surface area contributed by atoms with E-state index in [1.165, 1.54) is 6.07 Å². The second-order valence-corrected chi connectivity index (χ2v) is 6.56. The minimum atomic E-state index is -0.229. The number of carbonyl (C=O) groups excluding carboxylic acids is 1. The van der Waals surface area contributed by atoms with Crippen molar-refractivity contribution in [2.75, 3.05) is 26.2 Å². The minimum absolute atomic E-state index is 0.113. The molecule has 0 aliphatic carbocycles. The summed E-state index contributed by atoms with van der Waals surface area (Å²) >= 11 is 0. The van der Waals surface area contributed by atoms with Crippen molar-refractivity contribution >= 4 is 5.91 Å². The molecular weight excluding hydrogens is 319 g/mol. The first-order chi connectivity index (χ1) is 12.1. The summed E-state index contributed by atoms with van der Waals surface area (Å²) in [7, 11) is 2.00. The van der Waals surface area contributed by atoms with Crippen LogP contribution in [0, 0.1) is 5.82 Å². The molecule has 1 amide bonds. The lowest BCUT2D eigenvalue weighted by molar-refractivity contribution is -0.131. The Labute approximate surface area is 148 Å². The van der Waals surface area contributed by atoms with Crippen molar-refractivity contribution in [1.82, 2.24) is 19.4 Å². The molecule has 1 aliphatic heterocycles. The molecule has 1 saturated heterocycles. The van der Waals surface area contributed by atoms with Crippen LogP contribution in [0.25, 0.3) is 0 Å². The number of aryl methyl sites for hydroxylation is 2. The van der Waals surface area contributed by atoms with Crippen molar-refractivity contribution in [3.63, 3.8) is 0 Å². The average Bonchev–Trinajstić information content (AvgIpc) is 2.87. The van der Waals surface area contributed by atoms with Gasteiger partial charge in [0.2, 0.25) is 5.91 Å². The molecule has 0 spiro atoms. The molecule has 0 saturated carbocycles. The van der Waals surface area contributed by atoms with Crippen LogP contribution in [0.1, 0.15) is 24.2 Å². The monoisotopic (exact) mass is 344 g/mol. The van der Waals surface area contributed by atoms with Gasteiger partial charge in [0.05, 0.1) is 6.54 Å². The molecule has 0 unspecified atom stereocenters. The van der Waals surface area contributed by atoms with Crippen molar-refractivity contribution in [2.45, 2.75) is 25.8 Å². The van der Waals surface area contributed by atoms with E-state index in [9.17, 15) is 9.18 Å². The fraction of sp³-hybridized carbons (Fsp3) is 0.474. The summed E-state index contributed by atoms with van der Waals surface area (Å²) in [6.45, 7) is 4.11. The Morgan fingerprint density at radius 3 is 2.80 bits per heavy atom. The van der Waals surface area contributed by atoms with Crippen LogP contribution in [0.4, 0.5) is 4.39 Å². The van der Waals surface area contributed by atoms with Gasteiger partial charge >= 0.3 is 0 Å². The van der Waals surface area contributed by atoms with Gasteiger partial charge in [-0.3, -0.25) is 9.69 Å². The standard InChI is InChI=1S/C19H25FN4O/c1-22-12-9-21-18(22)15-23-10-4-11-24(14-13-23)19(25)8-7-16-5-2-3-6-17(16)20/h2-3,5-6,9,12H,4,7-8,10-11,13-15H2,1H3. The molecule has 0 atom stereocenters. The number of hydrogen-bond donors (Lipinski definition) is 0. The van der Waals surface area contributed by atoms with Crippen LogP contribution in [0.2, 0.25) is 0 Å².